The van der Waals surface area contributed by atoms with Gasteiger partial charge in [0.25, 0.3) is 0 Å². The van der Waals surface area contributed by atoms with E-state index in [0.717, 1.165) is 24.2 Å². The summed E-state index contributed by atoms with van der Waals surface area (Å²) in [6.07, 6.45) is 2.57. The Morgan fingerprint density at radius 1 is 1.41 bits per heavy atom. The van der Waals surface area contributed by atoms with Crippen LogP contribution in [0.2, 0.25) is 0 Å². The van der Waals surface area contributed by atoms with Crippen LogP contribution in [0.5, 0.6) is 0 Å². The number of aryl methyl sites for hydroxylation is 2. The summed E-state index contributed by atoms with van der Waals surface area (Å²) in [6, 6.07) is 2.44. The van der Waals surface area contributed by atoms with Crippen LogP contribution in [0.15, 0.2) is 6.07 Å². The molecule has 1 aromatic rings. The summed E-state index contributed by atoms with van der Waals surface area (Å²) in [4.78, 5) is 28.1. The Balaban J connectivity index is 1.53. The molecule has 120 valence electrons. The summed E-state index contributed by atoms with van der Waals surface area (Å²) in [5.41, 5.74) is 2.10. The molecule has 3 rings (SSSR count). The highest BCUT2D eigenvalue weighted by Crippen LogP contribution is 2.33. The van der Waals surface area contributed by atoms with Crippen molar-refractivity contribution in [3.05, 3.63) is 17.5 Å². The quantitative estimate of drug-likeness (QED) is 0.814. The van der Waals surface area contributed by atoms with Gasteiger partial charge in [-0.05, 0) is 32.8 Å². The Hall–Kier alpha value is -1.85. The number of aromatic nitrogens is 2. The van der Waals surface area contributed by atoms with Crippen LogP contribution in [0.25, 0.3) is 0 Å². The summed E-state index contributed by atoms with van der Waals surface area (Å²) in [7, 11) is 1.82. The largest absolute Gasteiger partial charge is 0.344 e. The van der Waals surface area contributed by atoms with Crippen LogP contribution in [0.1, 0.15) is 30.7 Å². The molecule has 0 aromatic carbocycles. The second kappa shape index (κ2) is 5.74. The molecule has 2 fully saturated rings. The molecule has 1 atom stereocenters. The molecule has 1 aliphatic carbocycles. The van der Waals surface area contributed by atoms with Gasteiger partial charge in [-0.25, -0.2) is 0 Å². The number of likely N-dealkylation sites (tertiary alicyclic amines) is 1. The fourth-order valence-corrected chi connectivity index (χ4v) is 3.20. The number of carbonyl (C=O) groups is 2. The van der Waals surface area contributed by atoms with E-state index in [9.17, 15) is 9.59 Å². The number of hydrogen-bond acceptors (Lipinski definition) is 3. The van der Waals surface area contributed by atoms with Gasteiger partial charge in [0.05, 0.1) is 18.2 Å². The number of nitrogens with zero attached hydrogens (tertiary/aromatic N) is 4. The van der Waals surface area contributed by atoms with E-state index < -0.39 is 0 Å². The Bertz CT molecular complexity index is 591. The fourth-order valence-electron chi connectivity index (χ4n) is 3.20. The van der Waals surface area contributed by atoms with E-state index in [-0.39, 0.29) is 17.7 Å². The summed E-state index contributed by atoms with van der Waals surface area (Å²) in [5, 5.41) is 4.41. The maximum Gasteiger partial charge on any atom is 0.227 e. The predicted octanol–water partition coefficient (Wildman–Crippen LogP) is 0.969. The minimum Gasteiger partial charge on any atom is -0.344 e. The molecule has 2 heterocycles. The van der Waals surface area contributed by atoms with Crippen molar-refractivity contribution in [1.82, 2.24) is 19.6 Å². The van der Waals surface area contributed by atoms with Crippen molar-refractivity contribution in [2.75, 3.05) is 20.1 Å². The highest BCUT2D eigenvalue weighted by Gasteiger charge is 2.42. The zero-order valence-corrected chi connectivity index (χ0v) is 13.6. The second-order valence-electron chi connectivity index (χ2n) is 6.59. The Morgan fingerprint density at radius 2 is 2.14 bits per heavy atom. The van der Waals surface area contributed by atoms with Crippen molar-refractivity contribution in [3.63, 3.8) is 0 Å². The zero-order chi connectivity index (χ0) is 15.9. The third-order valence-electron chi connectivity index (χ3n) is 4.62. The lowest BCUT2D eigenvalue weighted by Gasteiger charge is -2.21. The van der Waals surface area contributed by atoms with Crippen LogP contribution < -0.4 is 0 Å². The molecule has 0 bridgehead atoms. The molecule has 1 aliphatic heterocycles. The minimum atomic E-state index is -0.168. The molecule has 6 heteroatoms. The third kappa shape index (κ3) is 3.00. The van der Waals surface area contributed by atoms with Crippen LogP contribution in [-0.2, 0) is 16.1 Å². The van der Waals surface area contributed by atoms with Crippen LogP contribution in [0.3, 0.4) is 0 Å². The van der Waals surface area contributed by atoms with Crippen LogP contribution >= 0.6 is 0 Å². The van der Waals surface area contributed by atoms with Gasteiger partial charge in [-0.1, -0.05) is 0 Å². The second-order valence-corrected chi connectivity index (χ2v) is 6.59. The normalized spacial score (nSPS) is 21.5. The lowest BCUT2D eigenvalue weighted by molar-refractivity contribution is -0.134. The molecule has 2 aliphatic rings. The van der Waals surface area contributed by atoms with Crippen molar-refractivity contribution in [1.29, 1.82) is 0 Å². The first-order chi connectivity index (χ1) is 10.5. The molecule has 2 amide bonds. The molecule has 1 aromatic heterocycles. The van der Waals surface area contributed by atoms with E-state index in [1.807, 2.05) is 36.5 Å². The Kier molecular flexibility index (Phi) is 3.93. The number of amides is 2. The molecule has 0 N–H and O–H groups in total. The molecular weight excluding hydrogens is 280 g/mol. The van der Waals surface area contributed by atoms with Crippen LogP contribution in [0, 0.1) is 19.8 Å². The monoisotopic (exact) mass is 304 g/mol. The van der Waals surface area contributed by atoms with Crippen molar-refractivity contribution in [2.45, 2.75) is 45.7 Å². The highest BCUT2D eigenvalue weighted by molar-refractivity contribution is 5.89. The minimum absolute atomic E-state index is 0.0815. The zero-order valence-electron chi connectivity index (χ0n) is 13.6. The van der Waals surface area contributed by atoms with Gasteiger partial charge in [0, 0.05) is 38.3 Å². The van der Waals surface area contributed by atoms with Gasteiger partial charge in [0.15, 0.2) is 0 Å². The average Bonchev–Trinajstić information content (AvgIpc) is 3.16. The smallest absolute Gasteiger partial charge is 0.227 e. The molecule has 1 saturated carbocycles. The molecule has 6 nitrogen and oxygen atoms in total. The highest BCUT2D eigenvalue weighted by atomic mass is 16.2. The van der Waals surface area contributed by atoms with Crippen molar-refractivity contribution in [2.24, 2.45) is 5.92 Å². The van der Waals surface area contributed by atoms with E-state index in [2.05, 4.69) is 5.10 Å². The SMILES string of the molecule is Cc1cc(C)n(CCN(C)C(=O)[C@@H]2CC(=O)N(C3CC3)C2)n1. The maximum atomic E-state index is 12.5. The third-order valence-corrected chi connectivity index (χ3v) is 4.62. The van der Waals surface area contributed by atoms with Crippen molar-refractivity contribution >= 4 is 11.8 Å². The molecule has 0 unspecified atom stereocenters. The lowest BCUT2D eigenvalue weighted by Crippen LogP contribution is -2.37. The van der Waals surface area contributed by atoms with E-state index in [1.54, 1.807) is 4.90 Å². The van der Waals surface area contributed by atoms with Gasteiger partial charge in [-0.2, -0.15) is 5.10 Å². The summed E-state index contributed by atoms with van der Waals surface area (Å²) < 4.78 is 1.93. The van der Waals surface area contributed by atoms with Gasteiger partial charge in [-0.3, -0.25) is 14.3 Å². The standard InChI is InChI=1S/C16H24N4O2/c1-11-8-12(2)20(17-11)7-6-18(3)16(22)13-9-15(21)19(10-13)14-4-5-14/h8,13-14H,4-7,9-10H2,1-3H3/t13-/m1/s1. The summed E-state index contributed by atoms with van der Waals surface area (Å²) in [5.74, 6) is 0.0596. The number of carbonyl (C=O) groups excluding carboxylic acids is 2. The predicted molar refractivity (Wildman–Crippen MR) is 82.2 cm³/mol. The van der Waals surface area contributed by atoms with Gasteiger partial charge in [-0.15, -0.1) is 0 Å². The van der Waals surface area contributed by atoms with E-state index in [4.69, 9.17) is 0 Å². The molecule has 22 heavy (non-hydrogen) atoms. The first-order valence-electron chi connectivity index (χ1n) is 8.01. The van der Waals surface area contributed by atoms with Gasteiger partial charge in [0.2, 0.25) is 11.8 Å². The van der Waals surface area contributed by atoms with Crippen LogP contribution in [-0.4, -0.2) is 57.6 Å². The topological polar surface area (TPSA) is 58.4 Å². The van der Waals surface area contributed by atoms with Crippen LogP contribution in [0.4, 0.5) is 0 Å². The number of rotatable bonds is 5. The number of hydrogen-bond donors (Lipinski definition) is 0. The Labute approximate surface area is 131 Å². The fraction of sp³-hybridized carbons (Fsp3) is 0.688. The van der Waals surface area contributed by atoms with Crippen molar-refractivity contribution < 1.29 is 9.59 Å². The molecule has 0 radical (unpaired) electrons. The van der Waals surface area contributed by atoms with Gasteiger partial charge >= 0.3 is 0 Å². The molecule has 1 saturated heterocycles. The summed E-state index contributed by atoms with van der Waals surface area (Å²) >= 11 is 0. The van der Waals surface area contributed by atoms with E-state index in [1.165, 1.54) is 0 Å². The maximum absolute atomic E-state index is 12.5. The first-order valence-corrected chi connectivity index (χ1v) is 8.01. The van der Waals surface area contributed by atoms with Gasteiger partial charge < -0.3 is 9.80 Å². The molecule has 0 spiro atoms. The first kappa shape index (κ1) is 15.1. The van der Waals surface area contributed by atoms with E-state index >= 15 is 0 Å². The van der Waals surface area contributed by atoms with Gasteiger partial charge in [0.1, 0.15) is 0 Å². The molecular formula is C16H24N4O2. The Morgan fingerprint density at radius 3 is 2.73 bits per heavy atom. The average molecular weight is 304 g/mol. The van der Waals surface area contributed by atoms with E-state index in [0.29, 0.717) is 32.1 Å². The number of likely N-dealkylation sites (N-methyl/N-ethyl adjacent to an activating group) is 1. The summed E-state index contributed by atoms with van der Waals surface area (Å²) in [6.45, 7) is 5.90. The van der Waals surface area contributed by atoms with Crippen molar-refractivity contribution in [3.8, 4) is 0 Å². The lowest BCUT2D eigenvalue weighted by atomic mass is 10.1.